The molecule has 3 rings (SSSR count). The fourth-order valence-corrected chi connectivity index (χ4v) is 3.60. The summed E-state index contributed by atoms with van der Waals surface area (Å²) in [5, 5.41) is 1.53. The van der Waals surface area contributed by atoms with Gasteiger partial charge in [0.2, 0.25) is 0 Å². The van der Waals surface area contributed by atoms with Gasteiger partial charge in [-0.1, -0.05) is 24.2 Å². The lowest BCUT2D eigenvalue weighted by Crippen LogP contribution is -2.26. The fourth-order valence-electron chi connectivity index (χ4n) is 2.40. The van der Waals surface area contributed by atoms with E-state index in [1.54, 1.807) is 11.8 Å². The third-order valence-corrected chi connectivity index (χ3v) is 4.69. The van der Waals surface area contributed by atoms with Gasteiger partial charge in [0.15, 0.2) is 5.16 Å². The van der Waals surface area contributed by atoms with Crippen LogP contribution in [0.2, 0.25) is 0 Å². The minimum absolute atomic E-state index is 0.329. The first-order valence-corrected chi connectivity index (χ1v) is 6.99. The van der Waals surface area contributed by atoms with Gasteiger partial charge in [-0.3, -0.25) is 0 Å². The number of nitrogens with one attached hydrogen (secondary N) is 1. The Morgan fingerprint density at radius 1 is 1.41 bits per heavy atom. The maximum absolute atomic E-state index is 6.08. The van der Waals surface area contributed by atoms with E-state index in [1.807, 2.05) is 0 Å². The van der Waals surface area contributed by atoms with E-state index in [-0.39, 0.29) is 0 Å². The highest BCUT2D eigenvalue weighted by Gasteiger charge is 2.25. The highest BCUT2D eigenvalue weighted by atomic mass is 32.2. The van der Waals surface area contributed by atoms with Crippen LogP contribution in [0.25, 0.3) is 11.0 Å². The largest absolute Gasteiger partial charge is 0.333 e. The molecule has 2 aromatic rings. The van der Waals surface area contributed by atoms with Crippen molar-refractivity contribution in [2.75, 3.05) is 0 Å². The van der Waals surface area contributed by atoms with Crippen molar-refractivity contribution in [3.63, 3.8) is 0 Å². The van der Waals surface area contributed by atoms with Gasteiger partial charge in [0.25, 0.3) is 0 Å². The molecule has 2 atom stereocenters. The second kappa shape index (κ2) is 4.35. The van der Waals surface area contributed by atoms with E-state index in [1.165, 1.54) is 18.4 Å². The minimum Gasteiger partial charge on any atom is -0.333 e. The van der Waals surface area contributed by atoms with Crippen LogP contribution in [0, 0.1) is 6.92 Å². The molecule has 0 amide bonds. The van der Waals surface area contributed by atoms with E-state index >= 15 is 0 Å². The molecule has 1 fully saturated rings. The van der Waals surface area contributed by atoms with Crippen LogP contribution in [0.1, 0.15) is 24.8 Å². The summed E-state index contributed by atoms with van der Waals surface area (Å²) in [6.45, 7) is 2.10. The number of imidazole rings is 1. The van der Waals surface area contributed by atoms with Gasteiger partial charge in [-0.15, -0.1) is 0 Å². The quantitative estimate of drug-likeness (QED) is 0.858. The van der Waals surface area contributed by atoms with Gasteiger partial charge in [-0.05, 0) is 37.5 Å². The van der Waals surface area contributed by atoms with E-state index in [9.17, 15) is 0 Å². The average molecular weight is 247 g/mol. The van der Waals surface area contributed by atoms with Crippen molar-refractivity contribution in [2.45, 2.75) is 42.6 Å². The fraction of sp³-hybridized carbons (Fsp3) is 0.462. The summed E-state index contributed by atoms with van der Waals surface area (Å²) in [5.41, 5.74) is 9.51. The Bertz CT molecular complexity index is 534. The van der Waals surface area contributed by atoms with Gasteiger partial charge in [0.1, 0.15) is 0 Å². The van der Waals surface area contributed by atoms with Crippen LogP contribution < -0.4 is 5.73 Å². The highest BCUT2D eigenvalue weighted by molar-refractivity contribution is 7.99. The molecular formula is C13H17N3S. The summed E-state index contributed by atoms with van der Waals surface area (Å²) in [5.74, 6) is 0. The number of aromatic nitrogens is 2. The minimum atomic E-state index is 0.329. The zero-order chi connectivity index (χ0) is 11.8. The van der Waals surface area contributed by atoms with Gasteiger partial charge in [-0.25, -0.2) is 4.98 Å². The SMILES string of the molecule is Cc1ccc2nc(SC3CCCC3N)[nH]c2c1. The molecule has 4 heteroatoms. The molecule has 0 spiro atoms. The number of nitrogens with zero attached hydrogens (tertiary/aromatic N) is 1. The van der Waals surface area contributed by atoms with Crippen molar-refractivity contribution < 1.29 is 0 Å². The van der Waals surface area contributed by atoms with Gasteiger partial charge < -0.3 is 10.7 Å². The molecule has 90 valence electrons. The predicted molar refractivity (Wildman–Crippen MR) is 72.3 cm³/mol. The summed E-state index contributed by atoms with van der Waals surface area (Å²) in [4.78, 5) is 7.98. The van der Waals surface area contributed by atoms with Gasteiger partial charge >= 0.3 is 0 Å². The van der Waals surface area contributed by atoms with Crippen LogP contribution in [-0.4, -0.2) is 21.3 Å². The van der Waals surface area contributed by atoms with Crippen molar-refractivity contribution in [2.24, 2.45) is 5.73 Å². The van der Waals surface area contributed by atoms with Crippen molar-refractivity contribution >= 4 is 22.8 Å². The number of hydrogen-bond donors (Lipinski definition) is 2. The molecular weight excluding hydrogens is 230 g/mol. The maximum Gasteiger partial charge on any atom is 0.166 e. The molecule has 0 bridgehead atoms. The highest BCUT2D eigenvalue weighted by Crippen LogP contribution is 2.33. The Morgan fingerprint density at radius 3 is 3.06 bits per heavy atom. The lowest BCUT2D eigenvalue weighted by Gasteiger charge is -2.12. The second-order valence-electron chi connectivity index (χ2n) is 4.81. The third kappa shape index (κ3) is 2.19. The number of fused-ring (bicyclic) bond motifs is 1. The zero-order valence-corrected chi connectivity index (χ0v) is 10.8. The van der Waals surface area contributed by atoms with E-state index in [0.717, 1.165) is 22.6 Å². The molecule has 1 aliphatic rings. The van der Waals surface area contributed by atoms with Crippen molar-refractivity contribution in [1.82, 2.24) is 9.97 Å². The number of thioether (sulfide) groups is 1. The van der Waals surface area contributed by atoms with Crippen LogP contribution >= 0.6 is 11.8 Å². The molecule has 2 unspecified atom stereocenters. The first-order chi connectivity index (χ1) is 8.22. The molecule has 1 aliphatic carbocycles. The van der Waals surface area contributed by atoms with Crippen molar-refractivity contribution in [3.05, 3.63) is 23.8 Å². The number of aryl methyl sites for hydroxylation is 1. The van der Waals surface area contributed by atoms with Crippen LogP contribution in [-0.2, 0) is 0 Å². The van der Waals surface area contributed by atoms with Gasteiger partial charge in [-0.2, -0.15) is 0 Å². The number of H-pyrrole nitrogens is 1. The van der Waals surface area contributed by atoms with E-state index in [4.69, 9.17) is 5.73 Å². The van der Waals surface area contributed by atoms with Crippen LogP contribution in [0.3, 0.4) is 0 Å². The molecule has 17 heavy (non-hydrogen) atoms. The molecule has 3 nitrogen and oxygen atoms in total. The number of aromatic amines is 1. The summed E-state index contributed by atoms with van der Waals surface area (Å²) >= 11 is 1.80. The summed E-state index contributed by atoms with van der Waals surface area (Å²) in [6, 6.07) is 6.63. The van der Waals surface area contributed by atoms with Crippen LogP contribution in [0.4, 0.5) is 0 Å². The van der Waals surface area contributed by atoms with Gasteiger partial charge in [0, 0.05) is 11.3 Å². The monoisotopic (exact) mass is 247 g/mol. The zero-order valence-electron chi connectivity index (χ0n) is 9.94. The lowest BCUT2D eigenvalue weighted by atomic mass is 10.2. The maximum atomic E-state index is 6.08. The Morgan fingerprint density at radius 2 is 2.29 bits per heavy atom. The molecule has 0 saturated heterocycles. The first kappa shape index (κ1) is 11.1. The topological polar surface area (TPSA) is 54.7 Å². The normalized spacial score (nSPS) is 24.6. The number of hydrogen-bond acceptors (Lipinski definition) is 3. The molecule has 1 heterocycles. The molecule has 1 aromatic carbocycles. The number of benzene rings is 1. The summed E-state index contributed by atoms with van der Waals surface area (Å²) < 4.78 is 0. The number of rotatable bonds is 2. The molecule has 1 saturated carbocycles. The third-order valence-electron chi connectivity index (χ3n) is 3.38. The first-order valence-electron chi connectivity index (χ1n) is 6.11. The average Bonchev–Trinajstić information content (AvgIpc) is 2.85. The molecule has 1 aromatic heterocycles. The van der Waals surface area contributed by atoms with E-state index in [0.29, 0.717) is 11.3 Å². The van der Waals surface area contributed by atoms with Gasteiger partial charge in [0.05, 0.1) is 11.0 Å². The number of nitrogens with two attached hydrogens (primary N) is 1. The van der Waals surface area contributed by atoms with E-state index in [2.05, 4.69) is 35.1 Å². The molecule has 0 radical (unpaired) electrons. The summed E-state index contributed by atoms with van der Waals surface area (Å²) in [6.07, 6.45) is 3.61. The van der Waals surface area contributed by atoms with E-state index < -0.39 is 0 Å². The Hall–Kier alpha value is -1.00. The Kier molecular flexibility index (Phi) is 2.84. The van der Waals surface area contributed by atoms with Crippen LogP contribution in [0.5, 0.6) is 0 Å². The summed E-state index contributed by atoms with van der Waals surface area (Å²) in [7, 11) is 0. The predicted octanol–water partition coefficient (Wildman–Crippen LogP) is 2.84. The van der Waals surface area contributed by atoms with Crippen LogP contribution in [0.15, 0.2) is 23.4 Å². The standard InChI is InChI=1S/C13H17N3S/c1-8-5-6-10-11(7-8)16-13(15-10)17-12-4-2-3-9(12)14/h5-7,9,12H,2-4,14H2,1H3,(H,15,16). The molecule has 0 aliphatic heterocycles. The smallest absolute Gasteiger partial charge is 0.166 e. The Labute approximate surface area is 105 Å². The lowest BCUT2D eigenvalue weighted by molar-refractivity contribution is 0.714. The molecule has 3 N–H and O–H groups in total. The van der Waals surface area contributed by atoms with Crippen molar-refractivity contribution in [1.29, 1.82) is 0 Å². The Balaban J connectivity index is 1.85. The second-order valence-corrected chi connectivity index (χ2v) is 6.04. The van der Waals surface area contributed by atoms with Crippen molar-refractivity contribution in [3.8, 4) is 0 Å².